The number of piperazine rings is 1. The number of halogens is 2. The Morgan fingerprint density at radius 1 is 1.08 bits per heavy atom. The third kappa shape index (κ3) is 2.91. The van der Waals surface area contributed by atoms with E-state index in [1.165, 1.54) is 11.8 Å². The van der Waals surface area contributed by atoms with E-state index < -0.39 is 0 Å². The van der Waals surface area contributed by atoms with Crippen molar-refractivity contribution < 1.29 is 4.39 Å². The number of hydrogen-bond donors (Lipinski definition) is 1. The summed E-state index contributed by atoms with van der Waals surface area (Å²) in [4.78, 5) is 12.7. The monoisotopic (exact) mass is 388 g/mol. The van der Waals surface area contributed by atoms with Crippen LogP contribution in [0.3, 0.4) is 0 Å². The van der Waals surface area contributed by atoms with Gasteiger partial charge in [0.1, 0.15) is 11.6 Å². The van der Waals surface area contributed by atoms with E-state index >= 15 is 0 Å². The first-order valence-electron chi connectivity index (χ1n) is 7.99. The van der Waals surface area contributed by atoms with Crippen molar-refractivity contribution in [3.8, 4) is 11.4 Å². The van der Waals surface area contributed by atoms with Crippen molar-refractivity contribution in [2.45, 2.75) is 0 Å². The number of fused-ring (bicyclic) bond motifs is 1. The van der Waals surface area contributed by atoms with E-state index in [1.54, 1.807) is 12.1 Å². The van der Waals surface area contributed by atoms with Gasteiger partial charge >= 0.3 is 0 Å². The third-order valence-corrected chi connectivity index (χ3v) is 5.13. The fourth-order valence-corrected chi connectivity index (χ4v) is 3.42. The van der Waals surface area contributed by atoms with E-state index in [0.717, 1.165) is 48.6 Å². The molecule has 1 saturated heterocycles. The lowest BCUT2D eigenvalue weighted by molar-refractivity contribution is 0.313. The Morgan fingerprint density at radius 3 is 2.62 bits per heavy atom. The maximum atomic E-state index is 13.4. The maximum absolute atomic E-state index is 13.4. The van der Waals surface area contributed by atoms with E-state index in [1.807, 2.05) is 6.07 Å². The Kier molecular flexibility index (Phi) is 4.02. The van der Waals surface area contributed by atoms with Crippen molar-refractivity contribution in [3.05, 3.63) is 46.7 Å². The number of nitrogens with zero attached hydrogens (tertiary/aromatic N) is 3. The molecule has 1 N–H and O–H groups in total. The molecule has 0 radical (unpaired) electrons. The lowest BCUT2D eigenvalue weighted by atomic mass is 10.2. The van der Waals surface area contributed by atoms with E-state index in [4.69, 9.17) is 0 Å². The van der Waals surface area contributed by atoms with E-state index in [-0.39, 0.29) is 5.82 Å². The lowest BCUT2D eigenvalue weighted by Crippen LogP contribution is -2.44. The molecule has 0 saturated carbocycles. The van der Waals surface area contributed by atoms with E-state index in [0.29, 0.717) is 4.47 Å². The highest BCUT2D eigenvalue weighted by Gasteiger charge is 2.15. The van der Waals surface area contributed by atoms with Gasteiger partial charge in [-0.3, -0.25) is 0 Å². The quantitative estimate of drug-likeness (QED) is 0.723. The Bertz CT molecular complexity index is 884. The molecule has 1 aromatic heterocycles. The van der Waals surface area contributed by atoms with Crippen LogP contribution in [0.2, 0.25) is 0 Å². The molecule has 0 spiro atoms. The summed E-state index contributed by atoms with van der Waals surface area (Å²) < 4.78 is 13.9. The summed E-state index contributed by atoms with van der Waals surface area (Å²) in [6.07, 6.45) is 0. The second kappa shape index (κ2) is 6.18. The molecule has 0 amide bonds. The van der Waals surface area contributed by atoms with Gasteiger partial charge in [0.05, 0.1) is 15.5 Å². The summed E-state index contributed by atoms with van der Waals surface area (Å²) in [7, 11) is 2.16. The second-order valence-electron chi connectivity index (χ2n) is 6.21. The van der Waals surface area contributed by atoms with Crippen molar-refractivity contribution in [1.82, 2.24) is 14.9 Å². The maximum Gasteiger partial charge on any atom is 0.138 e. The van der Waals surface area contributed by atoms with Crippen LogP contribution in [0.1, 0.15) is 0 Å². The first kappa shape index (κ1) is 15.6. The van der Waals surface area contributed by atoms with E-state index in [9.17, 15) is 4.39 Å². The van der Waals surface area contributed by atoms with Crippen molar-refractivity contribution in [1.29, 1.82) is 0 Å². The van der Waals surface area contributed by atoms with Gasteiger partial charge in [0.15, 0.2) is 0 Å². The highest BCUT2D eigenvalue weighted by molar-refractivity contribution is 9.10. The summed E-state index contributed by atoms with van der Waals surface area (Å²) in [5.41, 5.74) is 4.00. The third-order valence-electron chi connectivity index (χ3n) is 4.53. The Morgan fingerprint density at radius 2 is 1.88 bits per heavy atom. The number of imidazole rings is 1. The van der Waals surface area contributed by atoms with Gasteiger partial charge in [0.25, 0.3) is 0 Å². The fraction of sp³-hybridized carbons (Fsp3) is 0.278. The molecule has 6 heteroatoms. The molecule has 0 atom stereocenters. The van der Waals surface area contributed by atoms with E-state index in [2.05, 4.69) is 54.9 Å². The first-order valence-corrected chi connectivity index (χ1v) is 8.78. The highest BCUT2D eigenvalue weighted by atomic mass is 79.9. The number of benzene rings is 2. The molecule has 1 aliphatic heterocycles. The van der Waals surface area contributed by atoms with Gasteiger partial charge in [-0.1, -0.05) is 0 Å². The average molecular weight is 389 g/mol. The molecule has 2 aromatic carbocycles. The van der Waals surface area contributed by atoms with Crippen LogP contribution in [-0.2, 0) is 0 Å². The van der Waals surface area contributed by atoms with Gasteiger partial charge in [-0.15, -0.1) is 0 Å². The zero-order valence-electron chi connectivity index (χ0n) is 13.4. The number of hydrogen-bond acceptors (Lipinski definition) is 3. The highest BCUT2D eigenvalue weighted by Crippen LogP contribution is 2.27. The van der Waals surface area contributed by atoms with Crippen molar-refractivity contribution >= 4 is 32.7 Å². The average Bonchev–Trinajstić information content (AvgIpc) is 3.01. The number of aromatic amines is 1. The van der Waals surface area contributed by atoms with Crippen molar-refractivity contribution in [2.75, 3.05) is 38.1 Å². The zero-order valence-corrected chi connectivity index (χ0v) is 15.0. The van der Waals surface area contributed by atoms with Gasteiger partial charge in [-0.2, -0.15) is 0 Å². The smallest absolute Gasteiger partial charge is 0.138 e. The van der Waals surface area contributed by atoms with Crippen molar-refractivity contribution in [3.63, 3.8) is 0 Å². The molecule has 1 aliphatic rings. The summed E-state index contributed by atoms with van der Waals surface area (Å²) in [6, 6.07) is 11.2. The lowest BCUT2D eigenvalue weighted by Gasteiger charge is -2.34. The number of H-pyrrole nitrogens is 1. The minimum Gasteiger partial charge on any atom is -0.369 e. The molecule has 24 heavy (non-hydrogen) atoms. The summed E-state index contributed by atoms with van der Waals surface area (Å²) in [5.74, 6) is 0.480. The molecular formula is C18H18BrFN4. The SMILES string of the molecule is CN1CCN(c2ccc3nc(-c4ccc(F)c(Br)c4)[nH]c3c2)CC1. The Labute approximate surface area is 148 Å². The van der Waals surface area contributed by atoms with Gasteiger partial charge in [-0.25, -0.2) is 9.37 Å². The molecule has 0 bridgehead atoms. The normalized spacial score (nSPS) is 16.0. The molecule has 3 aromatic rings. The topological polar surface area (TPSA) is 35.2 Å². The molecule has 0 unspecified atom stereocenters. The first-order chi connectivity index (χ1) is 11.6. The van der Waals surface area contributed by atoms with Crippen molar-refractivity contribution in [2.24, 2.45) is 0 Å². The molecule has 0 aliphatic carbocycles. The van der Waals surface area contributed by atoms with Gasteiger partial charge in [-0.05, 0) is 59.4 Å². The minimum absolute atomic E-state index is 0.271. The Hall–Kier alpha value is -1.92. The number of likely N-dealkylation sites (N-methyl/N-ethyl adjacent to an activating group) is 1. The van der Waals surface area contributed by atoms with Crippen LogP contribution in [0, 0.1) is 5.82 Å². The van der Waals surface area contributed by atoms with Crippen LogP contribution in [0.25, 0.3) is 22.4 Å². The molecular weight excluding hydrogens is 371 g/mol. The number of rotatable bonds is 2. The van der Waals surface area contributed by atoms with Gasteiger partial charge < -0.3 is 14.8 Å². The number of aromatic nitrogens is 2. The molecule has 124 valence electrons. The molecule has 1 fully saturated rings. The predicted octanol–water partition coefficient (Wildman–Crippen LogP) is 3.88. The molecule has 4 nitrogen and oxygen atoms in total. The Balaban J connectivity index is 1.67. The largest absolute Gasteiger partial charge is 0.369 e. The second-order valence-corrected chi connectivity index (χ2v) is 7.06. The van der Waals surface area contributed by atoms with Crippen LogP contribution < -0.4 is 4.90 Å². The van der Waals surface area contributed by atoms with Crippen LogP contribution in [0.5, 0.6) is 0 Å². The van der Waals surface area contributed by atoms with Gasteiger partial charge in [0.2, 0.25) is 0 Å². The van der Waals surface area contributed by atoms with Crippen LogP contribution in [0.4, 0.5) is 10.1 Å². The minimum atomic E-state index is -0.271. The van der Waals surface area contributed by atoms with Crippen LogP contribution in [0.15, 0.2) is 40.9 Å². The number of nitrogens with one attached hydrogen (secondary N) is 1. The predicted molar refractivity (Wildman–Crippen MR) is 98.9 cm³/mol. The standard InChI is InChI=1S/C18H18BrFN4/c1-23-6-8-24(9-7-23)13-3-5-16-17(11-13)22-18(21-16)12-2-4-15(20)14(19)10-12/h2-5,10-11H,6-9H2,1H3,(H,21,22). The zero-order chi connectivity index (χ0) is 16.7. The van der Waals surface area contributed by atoms with Gasteiger partial charge in [0, 0.05) is 37.4 Å². The van der Waals surface area contributed by atoms with Crippen LogP contribution >= 0.6 is 15.9 Å². The molecule has 2 heterocycles. The van der Waals surface area contributed by atoms with Crippen LogP contribution in [-0.4, -0.2) is 48.1 Å². The summed E-state index contributed by atoms with van der Waals surface area (Å²) in [5, 5.41) is 0. The summed E-state index contributed by atoms with van der Waals surface area (Å²) in [6.45, 7) is 4.23. The fourth-order valence-electron chi connectivity index (χ4n) is 3.04. The number of anilines is 1. The molecule has 4 rings (SSSR count). The summed E-state index contributed by atoms with van der Waals surface area (Å²) >= 11 is 3.23.